The Kier molecular flexibility index (Phi) is 1.07. The van der Waals surface area contributed by atoms with Crippen molar-refractivity contribution >= 4 is 0 Å². The molecule has 2 rings (SSSR count). The minimum atomic E-state index is 0.428. The molecule has 1 N–H and O–H groups in total. The molecule has 0 saturated carbocycles. The van der Waals surface area contributed by atoms with Gasteiger partial charge in [-0.05, 0) is 12.0 Å². The van der Waals surface area contributed by atoms with Crippen molar-refractivity contribution in [3.63, 3.8) is 0 Å². The summed E-state index contributed by atoms with van der Waals surface area (Å²) in [6.45, 7) is 8.51. The van der Waals surface area contributed by atoms with Crippen LogP contribution in [0.2, 0.25) is 0 Å². The third-order valence-electron chi connectivity index (χ3n) is 2.60. The fourth-order valence-electron chi connectivity index (χ4n) is 2.00. The van der Waals surface area contributed by atoms with E-state index in [4.69, 9.17) is 0 Å². The summed E-state index contributed by atoms with van der Waals surface area (Å²) in [6.07, 6.45) is 3.41. The van der Waals surface area contributed by atoms with Crippen LogP contribution in [0.4, 0.5) is 0 Å². The van der Waals surface area contributed by atoms with E-state index in [1.54, 1.807) is 5.57 Å². The number of fused-ring (bicyclic) bond motifs is 1. The topological polar surface area (TPSA) is 12.0 Å². The molecule has 1 aliphatic carbocycles. The number of rotatable bonds is 0. The highest BCUT2D eigenvalue weighted by Crippen LogP contribution is 2.42. The molecule has 1 aliphatic heterocycles. The standard InChI is InChI=1S/C9H13N/c1-7-3-8-5-10-6-9(8,2)4-7/h3,10H,1,4-6H2,2H3. The molecule has 0 amide bonds. The van der Waals surface area contributed by atoms with Crippen LogP contribution < -0.4 is 5.32 Å². The van der Waals surface area contributed by atoms with Gasteiger partial charge in [-0.3, -0.25) is 0 Å². The summed E-state index contributed by atoms with van der Waals surface area (Å²) in [7, 11) is 0. The first-order chi connectivity index (χ1) is 4.71. The van der Waals surface area contributed by atoms with Crippen LogP contribution in [-0.4, -0.2) is 13.1 Å². The molecule has 0 radical (unpaired) electrons. The predicted octanol–water partition coefficient (Wildman–Crippen LogP) is 1.48. The van der Waals surface area contributed by atoms with E-state index in [9.17, 15) is 0 Å². The monoisotopic (exact) mass is 135 g/mol. The van der Waals surface area contributed by atoms with Crippen molar-refractivity contribution in [2.45, 2.75) is 13.3 Å². The fraction of sp³-hybridized carbons (Fsp3) is 0.556. The number of nitrogens with one attached hydrogen (secondary N) is 1. The summed E-state index contributed by atoms with van der Waals surface area (Å²) in [5.41, 5.74) is 3.29. The second-order valence-corrected chi connectivity index (χ2v) is 3.67. The van der Waals surface area contributed by atoms with Crippen molar-refractivity contribution in [2.75, 3.05) is 13.1 Å². The molecule has 0 aromatic heterocycles. The van der Waals surface area contributed by atoms with Crippen LogP contribution in [0.1, 0.15) is 13.3 Å². The zero-order chi connectivity index (χ0) is 7.19. The lowest BCUT2D eigenvalue weighted by atomic mass is 9.86. The maximum atomic E-state index is 3.98. The van der Waals surface area contributed by atoms with Gasteiger partial charge < -0.3 is 5.32 Å². The summed E-state index contributed by atoms with van der Waals surface area (Å²) < 4.78 is 0. The maximum absolute atomic E-state index is 3.98. The zero-order valence-electron chi connectivity index (χ0n) is 6.41. The fourth-order valence-corrected chi connectivity index (χ4v) is 2.00. The molecule has 0 bridgehead atoms. The normalized spacial score (nSPS) is 38.1. The van der Waals surface area contributed by atoms with Crippen molar-refractivity contribution < 1.29 is 0 Å². The molecule has 10 heavy (non-hydrogen) atoms. The molecular weight excluding hydrogens is 122 g/mol. The molecule has 1 fully saturated rings. The number of allylic oxidation sites excluding steroid dienone is 2. The molecule has 1 unspecified atom stereocenters. The van der Waals surface area contributed by atoms with Crippen LogP contribution in [0.5, 0.6) is 0 Å². The third-order valence-corrected chi connectivity index (χ3v) is 2.60. The average Bonchev–Trinajstić information content (AvgIpc) is 2.20. The van der Waals surface area contributed by atoms with Crippen molar-refractivity contribution in [1.82, 2.24) is 5.32 Å². The Hall–Kier alpha value is -0.560. The average molecular weight is 135 g/mol. The molecule has 1 heteroatoms. The van der Waals surface area contributed by atoms with Crippen LogP contribution in [-0.2, 0) is 0 Å². The van der Waals surface area contributed by atoms with Gasteiger partial charge >= 0.3 is 0 Å². The minimum absolute atomic E-state index is 0.428. The maximum Gasteiger partial charge on any atom is 0.0174 e. The molecule has 1 saturated heterocycles. The van der Waals surface area contributed by atoms with Crippen LogP contribution in [0.3, 0.4) is 0 Å². The molecule has 1 nitrogen and oxygen atoms in total. The third kappa shape index (κ3) is 0.671. The Morgan fingerprint density at radius 2 is 2.50 bits per heavy atom. The largest absolute Gasteiger partial charge is 0.312 e. The molecule has 1 heterocycles. The molecule has 54 valence electrons. The quantitative estimate of drug-likeness (QED) is 0.530. The highest BCUT2D eigenvalue weighted by Gasteiger charge is 2.37. The summed E-state index contributed by atoms with van der Waals surface area (Å²) in [5.74, 6) is 0. The molecule has 1 atom stereocenters. The molecular formula is C9H13N. The van der Waals surface area contributed by atoms with E-state index >= 15 is 0 Å². The zero-order valence-corrected chi connectivity index (χ0v) is 6.41. The van der Waals surface area contributed by atoms with E-state index in [0.717, 1.165) is 19.5 Å². The van der Waals surface area contributed by atoms with Crippen molar-refractivity contribution in [3.8, 4) is 0 Å². The first-order valence-electron chi connectivity index (χ1n) is 3.80. The van der Waals surface area contributed by atoms with E-state index in [1.165, 1.54) is 5.57 Å². The van der Waals surface area contributed by atoms with Crippen LogP contribution in [0.15, 0.2) is 23.8 Å². The van der Waals surface area contributed by atoms with Crippen molar-refractivity contribution in [2.24, 2.45) is 5.41 Å². The summed E-state index contributed by atoms with van der Waals surface area (Å²) in [5, 5.41) is 3.38. The van der Waals surface area contributed by atoms with Crippen LogP contribution in [0.25, 0.3) is 0 Å². The van der Waals surface area contributed by atoms with Gasteiger partial charge in [-0.25, -0.2) is 0 Å². The van der Waals surface area contributed by atoms with Gasteiger partial charge in [0, 0.05) is 18.5 Å². The van der Waals surface area contributed by atoms with Crippen LogP contribution in [0, 0.1) is 5.41 Å². The second-order valence-electron chi connectivity index (χ2n) is 3.67. The minimum Gasteiger partial charge on any atom is -0.312 e. The van der Waals surface area contributed by atoms with Crippen molar-refractivity contribution in [3.05, 3.63) is 23.8 Å². The van der Waals surface area contributed by atoms with Gasteiger partial charge in [-0.1, -0.05) is 25.2 Å². The van der Waals surface area contributed by atoms with E-state index in [2.05, 4.69) is 24.9 Å². The smallest absolute Gasteiger partial charge is 0.0174 e. The van der Waals surface area contributed by atoms with E-state index in [0.29, 0.717) is 5.41 Å². The SMILES string of the molecule is C=C1C=C2CNCC2(C)C1. The lowest BCUT2D eigenvalue weighted by molar-refractivity contribution is 0.453. The van der Waals surface area contributed by atoms with Crippen LogP contribution >= 0.6 is 0 Å². The Morgan fingerprint density at radius 3 is 3.20 bits per heavy atom. The van der Waals surface area contributed by atoms with Gasteiger partial charge in [-0.2, -0.15) is 0 Å². The highest BCUT2D eigenvalue weighted by atomic mass is 14.9. The molecule has 2 aliphatic rings. The second kappa shape index (κ2) is 1.73. The Labute approximate surface area is 61.8 Å². The predicted molar refractivity (Wildman–Crippen MR) is 42.8 cm³/mol. The number of hydrogen-bond donors (Lipinski definition) is 1. The molecule has 0 aromatic carbocycles. The summed E-state index contributed by atoms with van der Waals surface area (Å²) in [6, 6.07) is 0. The number of hydrogen-bond acceptors (Lipinski definition) is 1. The molecule has 0 spiro atoms. The first-order valence-corrected chi connectivity index (χ1v) is 3.80. The summed E-state index contributed by atoms with van der Waals surface area (Å²) in [4.78, 5) is 0. The Balaban J connectivity index is 2.37. The van der Waals surface area contributed by atoms with Gasteiger partial charge in [-0.15, -0.1) is 0 Å². The Bertz CT molecular complexity index is 215. The van der Waals surface area contributed by atoms with E-state index in [1.807, 2.05) is 0 Å². The van der Waals surface area contributed by atoms with Crippen molar-refractivity contribution in [1.29, 1.82) is 0 Å². The van der Waals surface area contributed by atoms with Gasteiger partial charge in [0.1, 0.15) is 0 Å². The van der Waals surface area contributed by atoms with E-state index in [-0.39, 0.29) is 0 Å². The highest BCUT2D eigenvalue weighted by molar-refractivity contribution is 5.38. The van der Waals surface area contributed by atoms with Gasteiger partial charge in [0.05, 0.1) is 0 Å². The lowest BCUT2D eigenvalue weighted by Crippen LogP contribution is -2.18. The van der Waals surface area contributed by atoms with Gasteiger partial charge in [0.2, 0.25) is 0 Å². The van der Waals surface area contributed by atoms with E-state index < -0.39 is 0 Å². The summed E-state index contributed by atoms with van der Waals surface area (Å²) >= 11 is 0. The molecule has 0 aromatic rings. The first kappa shape index (κ1) is 6.17. The van der Waals surface area contributed by atoms with Gasteiger partial charge in [0.15, 0.2) is 0 Å². The lowest BCUT2D eigenvalue weighted by Gasteiger charge is -2.18. The Morgan fingerprint density at radius 1 is 1.70 bits per heavy atom. The van der Waals surface area contributed by atoms with Gasteiger partial charge in [0.25, 0.3) is 0 Å².